The van der Waals surface area contributed by atoms with Crippen LogP contribution in [0.4, 0.5) is 24.5 Å². The Morgan fingerprint density at radius 3 is 2.68 bits per heavy atom. The lowest BCUT2D eigenvalue weighted by Crippen LogP contribution is -2.09. The van der Waals surface area contributed by atoms with Gasteiger partial charge in [-0.15, -0.1) is 0 Å². The Morgan fingerprint density at radius 1 is 1.18 bits per heavy atom. The van der Waals surface area contributed by atoms with E-state index in [9.17, 15) is 13.2 Å². The molecule has 1 aliphatic heterocycles. The van der Waals surface area contributed by atoms with Gasteiger partial charge in [0.1, 0.15) is 18.0 Å². The van der Waals surface area contributed by atoms with Gasteiger partial charge in [0.05, 0.1) is 10.6 Å². The summed E-state index contributed by atoms with van der Waals surface area (Å²) in [6.45, 7) is 0.336. The van der Waals surface area contributed by atoms with Crippen LogP contribution in [0.2, 0.25) is 5.02 Å². The molecule has 3 rings (SSSR count). The fourth-order valence-electron chi connectivity index (χ4n) is 2.30. The molecule has 1 aliphatic rings. The lowest BCUT2D eigenvalue weighted by Gasteiger charge is -2.17. The normalized spacial score (nSPS) is 13.6. The van der Waals surface area contributed by atoms with Gasteiger partial charge in [0, 0.05) is 17.5 Å². The summed E-state index contributed by atoms with van der Waals surface area (Å²) in [5.41, 5.74) is 5.22. The van der Waals surface area contributed by atoms with E-state index >= 15 is 0 Å². The van der Waals surface area contributed by atoms with Gasteiger partial charge < -0.3 is 10.5 Å². The molecule has 0 unspecified atom stereocenters. The molecule has 0 saturated carbocycles. The van der Waals surface area contributed by atoms with Crippen LogP contribution in [0.25, 0.3) is 11.1 Å². The highest BCUT2D eigenvalue weighted by Gasteiger charge is 2.35. The minimum atomic E-state index is -4.57. The molecule has 0 aliphatic carbocycles. The van der Waals surface area contributed by atoms with E-state index in [1.807, 2.05) is 0 Å². The molecule has 0 bridgehead atoms. The third-order valence-corrected chi connectivity index (χ3v) is 3.51. The molecule has 22 heavy (non-hydrogen) atoms. The van der Waals surface area contributed by atoms with Crippen molar-refractivity contribution in [2.45, 2.75) is 6.18 Å². The van der Waals surface area contributed by atoms with Gasteiger partial charge in [-0.3, -0.25) is 4.99 Å². The topological polar surface area (TPSA) is 47.6 Å². The zero-order chi connectivity index (χ0) is 15.9. The minimum absolute atomic E-state index is 0.0413. The van der Waals surface area contributed by atoms with Crippen molar-refractivity contribution in [3.05, 3.63) is 40.9 Å². The second-order valence-electron chi connectivity index (χ2n) is 4.73. The monoisotopic (exact) mass is 326 g/mol. The first kappa shape index (κ1) is 14.7. The number of hydrogen-bond donors (Lipinski definition) is 1. The number of fused-ring (bicyclic) bond motifs is 1. The van der Waals surface area contributed by atoms with Crippen LogP contribution in [0.5, 0.6) is 5.75 Å². The molecule has 2 aromatic carbocycles. The highest BCUT2D eigenvalue weighted by atomic mass is 35.5. The van der Waals surface area contributed by atoms with Crippen molar-refractivity contribution in [2.24, 2.45) is 4.99 Å². The number of halogens is 4. The van der Waals surface area contributed by atoms with Crippen LogP contribution < -0.4 is 10.5 Å². The first-order valence-electron chi connectivity index (χ1n) is 6.32. The molecule has 114 valence electrons. The second kappa shape index (κ2) is 5.21. The van der Waals surface area contributed by atoms with E-state index in [4.69, 9.17) is 22.1 Å². The van der Waals surface area contributed by atoms with Crippen LogP contribution in [0.1, 0.15) is 5.56 Å². The van der Waals surface area contributed by atoms with Gasteiger partial charge in [0.25, 0.3) is 0 Å². The smallest absolute Gasteiger partial charge is 0.417 e. The molecular formula is C15H10ClF3N2O. The number of rotatable bonds is 1. The standard InChI is InChI=1S/C15H10ClF3N2O/c16-11-7-9(20)6-10(15(17,18)19)14(11)8-1-2-13-12(5-8)21-3-4-22-13/h1-3,5-7H,4,20H2. The highest BCUT2D eigenvalue weighted by Crippen LogP contribution is 2.44. The molecule has 0 amide bonds. The molecule has 0 aromatic heterocycles. The first-order chi connectivity index (χ1) is 10.4. The van der Waals surface area contributed by atoms with Gasteiger partial charge >= 0.3 is 6.18 Å². The Labute approximate surface area is 129 Å². The summed E-state index contributed by atoms with van der Waals surface area (Å²) in [4.78, 5) is 4.12. The van der Waals surface area contributed by atoms with Gasteiger partial charge in [-0.1, -0.05) is 17.7 Å². The van der Waals surface area contributed by atoms with Crippen molar-refractivity contribution in [1.82, 2.24) is 0 Å². The van der Waals surface area contributed by atoms with Crippen LogP contribution in [-0.2, 0) is 6.18 Å². The summed E-state index contributed by atoms with van der Waals surface area (Å²) in [5, 5.41) is -0.0621. The van der Waals surface area contributed by atoms with Crippen molar-refractivity contribution in [1.29, 1.82) is 0 Å². The van der Waals surface area contributed by atoms with E-state index in [2.05, 4.69) is 4.99 Å². The number of benzene rings is 2. The van der Waals surface area contributed by atoms with E-state index in [0.717, 1.165) is 6.07 Å². The SMILES string of the molecule is Nc1cc(Cl)c(-c2ccc3c(c2)N=CCO3)c(C(F)(F)F)c1. The molecule has 7 heteroatoms. The van der Waals surface area contributed by atoms with Crippen LogP contribution in [0, 0.1) is 0 Å². The van der Waals surface area contributed by atoms with Crippen molar-refractivity contribution >= 4 is 29.2 Å². The van der Waals surface area contributed by atoms with Crippen LogP contribution in [0.3, 0.4) is 0 Å². The van der Waals surface area contributed by atoms with Crippen LogP contribution in [-0.4, -0.2) is 12.8 Å². The average Bonchev–Trinajstić information content (AvgIpc) is 2.45. The number of nitrogens with zero attached hydrogens (tertiary/aromatic N) is 1. The number of anilines is 1. The summed E-state index contributed by atoms with van der Waals surface area (Å²) in [6, 6.07) is 6.78. The molecule has 0 fully saturated rings. The van der Waals surface area contributed by atoms with Crippen LogP contribution in [0.15, 0.2) is 35.3 Å². The lowest BCUT2D eigenvalue weighted by molar-refractivity contribution is -0.137. The molecule has 0 atom stereocenters. The van der Waals surface area contributed by atoms with E-state index in [1.165, 1.54) is 18.2 Å². The summed E-state index contributed by atoms with van der Waals surface area (Å²) < 4.78 is 45.1. The molecule has 1 heterocycles. The Kier molecular flexibility index (Phi) is 3.48. The Balaban J connectivity index is 2.23. The number of hydrogen-bond acceptors (Lipinski definition) is 3. The molecule has 0 saturated heterocycles. The van der Waals surface area contributed by atoms with E-state index in [-0.39, 0.29) is 16.3 Å². The molecule has 2 N–H and O–H groups in total. The Morgan fingerprint density at radius 2 is 1.95 bits per heavy atom. The van der Waals surface area contributed by atoms with Crippen molar-refractivity contribution in [3.63, 3.8) is 0 Å². The summed E-state index contributed by atoms with van der Waals surface area (Å²) in [5.74, 6) is 0.520. The van der Waals surface area contributed by atoms with E-state index in [1.54, 1.807) is 12.3 Å². The number of nitrogens with two attached hydrogens (primary N) is 1. The van der Waals surface area contributed by atoms with Gasteiger partial charge in [0.15, 0.2) is 0 Å². The maximum Gasteiger partial charge on any atom is 0.417 e. The molecule has 0 radical (unpaired) electrons. The first-order valence-corrected chi connectivity index (χ1v) is 6.70. The van der Waals surface area contributed by atoms with Crippen molar-refractivity contribution < 1.29 is 17.9 Å². The van der Waals surface area contributed by atoms with E-state index < -0.39 is 11.7 Å². The predicted molar refractivity (Wildman–Crippen MR) is 79.9 cm³/mol. The summed E-state index contributed by atoms with van der Waals surface area (Å²) in [7, 11) is 0. The van der Waals surface area contributed by atoms with Crippen molar-refractivity contribution in [3.8, 4) is 16.9 Å². The van der Waals surface area contributed by atoms with Gasteiger partial charge in [-0.05, 0) is 29.8 Å². The molecular weight excluding hydrogens is 317 g/mol. The lowest BCUT2D eigenvalue weighted by atomic mass is 9.97. The average molecular weight is 327 g/mol. The summed E-state index contributed by atoms with van der Waals surface area (Å²) in [6.07, 6.45) is -3.02. The minimum Gasteiger partial charge on any atom is -0.486 e. The summed E-state index contributed by atoms with van der Waals surface area (Å²) >= 11 is 6.01. The quantitative estimate of drug-likeness (QED) is 0.772. The fraction of sp³-hybridized carbons (Fsp3) is 0.133. The largest absolute Gasteiger partial charge is 0.486 e. The van der Waals surface area contributed by atoms with Gasteiger partial charge in [-0.2, -0.15) is 13.2 Å². The number of ether oxygens (including phenoxy) is 1. The molecule has 3 nitrogen and oxygen atoms in total. The Bertz CT molecular complexity index is 772. The van der Waals surface area contributed by atoms with E-state index in [0.29, 0.717) is 23.6 Å². The van der Waals surface area contributed by atoms with Crippen LogP contribution >= 0.6 is 11.6 Å². The number of aliphatic imine (C=N–C) groups is 1. The zero-order valence-electron chi connectivity index (χ0n) is 11.1. The third kappa shape index (κ3) is 2.62. The molecule has 2 aromatic rings. The second-order valence-corrected chi connectivity index (χ2v) is 5.14. The molecule has 0 spiro atoms. The van der Waals surface area contributed by atoms with Gasteiger partial charge in [-0.25, -0.2) is 0 Å². The van der Waals surface area contributed by atoms with Gasteiger partial charge in [0.2, 0.25) is 0 Å². The maximum atomic E-state index is 13.3. The predicted octanol–water partition coefficient (Wildman–Crippen LogP) is 4.70. The zero-order valence-corrected chi connectivity index (χ0v) is 11.9. The third-order valence-electron chi connectivity index (χ3n) is 3.21. The Hall–Kier alpha value is -2.21. The number of alkyl halides is 3. The van der Waals surface area contributed by atoms with Crippen molar-refractivity contribution in [2.75, 3.05) is 12.3 Å². The maximum absolute atomic E-state index is 13.3. The fourth-order valence-corrected chi connectivity index (χ4v) is 2.64. The highest BCUT2D eigenvalue weighted by molar-refractivity contribution is 6.33. The number of nitrogen functional groups attached to an aromatic ring is 1.